The zero-order valence-corrected chi connectivity index (χ0v) is 14.1. The molecule has 1 aliphatic carbocycles. The lowest BCUT2D eigenvalue weighted by molar-refractivity contribution is 0.278. The predicted molar refractivity (Wildman–Crippen MR) is 104 cm³/mol. The van der Waals surface area contributed by atoms with Gasteiger partial charge in [-0.25, -0.2) is 0 Å². The third-order valence-corrected chi connectivity index (χ3v) is 5.47. The molecule has 0 N–H and O–H groups in total. The molecule has 2 nitrogen and oxygen atoms in total. The molecule has 1 aromatic heterocycles. The van der Waals surface area contributed by atoms with Crippen LogP contribution in [-0.4, -0.2) is 6.10 Å². The highest BCUT2D eigenvalue weighted by Crippen LogP contribution is 2.46. The summed E-state index contributed by atoms with van der Waals surface area (Å²) in [6.45, 7) is 0. The van der Waals surface area contributed by atoms with Crippen molar-refractivity contribution >= 4 is 27.5 Å². The van der Waals surface area contributed by atoms with Gasteiger partial charge in [0, 0.05) is 27.8 Å². The number of ether oxygens (including phenoxy) is 1. The Labute approximate surface area is 151 Å². The third-order valence-electron chi connectivity index (χ3n) is 5.47. The van der Waals surface area contributed by atoms with Crippen molar-refractivity contribution in [1.82, 2.24) is 0 Å². The van der Waals surface area contributed by atoms with E-state index in [-0.39, 0.29) is 12.0 Å². The largest absolute Gasteiger partial charge is 0.484 e. The lowest BCUT2D eigenvalue weighted by atomic mass is 9.84. The van der Waals surface area contributed by atoms with Gasteiger partial charge in [-0.3, -0.25) is 0 Å². The number of hydrogen-bond donors (Lipinski definition) is 0. The van der Waals surface area contributed by atoms with Gasteiger partial charge in [-0.05, 0) is 29.8 Å². The maximum Gasteiger partial charge on any atom is 0.135 e. The first-order valence-corrected chi connectivity index (χ1v) is 8.94. The average molecular weight is 336 g/mol. The van der Waals surface area contributed by atoms with Crippen molar-refractivity contribution in [3.05, 3.63) is 96.1 Å². The molecule has 2 unspecified atom stereocenters. The van der Waals surface area contributed by atoms with Crippen molar-refractivity contribution in [2.45, 2.75) is 12.0 Å². The van der Waals surface area contributed by atoms with E-state index in [1.807, 2.05) is 18.2 Å². The SMILES string of the molecule is C1=CC2c3ccccc3OC2C(c2ccc3oc4ccccc4c3c2)=C1. The topological polar surface area (TPSA) is 22.4 Å². The smallest absolute Gasteiger partial charge is 0.135 e. The van der Waals surface area contributed by atoms with Crippen molar-refractivity contribution in [3.8, 4) is 5.75 Å². The Kier molecular flexibility index (Phi) is 2.75. The van der Waals surface area contributed by atoms with Gasteiger partial charge in [0.15, 0.2) is 0 Å². The summed E-state index contributed by atoms with van der Waals surface area (Å²) in [6.07, 6.45) is 6.61. The highest BCUT2D eigenvalue weighted by Gasteiger charge is 2.36. The van der Waals surface area contributed by atoms with Gasteiger partial charge in [-0.2, -0.15) is 0 Å². The first kappa shape index (κ1) is 14.0. The molecule has 3 aromatic carbocycles. The summed E-state index contributed by atoms with van der Waals surface area (Å²) in [5.41, 5.74) is 5.54. The number of benzene rings is 3. The van der Waals surface area contributed by atoms with E-state index in [1.54, 1.807) is 0 Å². The minimum absolute atomic E-state index is 0.0352. The molecule has 26 heavy (non-hydrogen) atoms. The van der Waals surface area contributed by atoms with E-state index in [0.29, 0.717) is 0 Å². The summed E-state index contributed by atoms with van der Waals surface area (Å²) >= 11 is 0. The molecular weight excluding hydrogens is 320 g/mol. The fourth-order valence-electron chi connectivity index (χ4n) is 4.24. The highest BCUT2D eigenvalue weighted by molar-refractivity contribution is 6.05. The van der Waals surface area contributed by atoms with Crippen molar-refractivity contribution in [2.75, 3.05) is 0 Å². The van der Waals surface area contributed by atoms with Crippen LogP contribution in [0, 0.1) is 0 Å². The number of para-hydroxylation sites is 2. The van der Waals surface area contributed by atoms with Crippen LogP contribution in [-0.2, 0) is 0 Å². The molecule has 0 bridgehead atoms. The molecule has 0 saturated heterocycles. The number of fused-ring (bicyclic) bond motifs is 6. The van der Waals surface area contributed by atoms with Crippen molar-refractivity contribution in [1.29, 1.82) is 0 Å². The second-order valence-electron chi connectivity index (χ2n) is 6.92. The molecule has 2 heteroatoms. The Morgan fingerprint density at radius 2 is 1.62 bits per heavy atom. The molecule has 0 fully saturated rings. The van der Waals surface area contributed by atoms with Crippen molar-refractivity contribution in [3.63, 3.8) is 0 Å². The van der Waals surface area contributed by atoms with E-state index in [9.17, 15) is 0 Å². The number of allylic oxidation sites excluding steroid dienone is 2. The summed E-state index contributed by atoms with van der Waals surface area (Å²) in [6, 6.07) is 23.0. The fourth-order valence-corrected chi connectivity index (χ4v) is 4.24. The van der Waals surface area contributed by atoms with Crippen LogP contribution < -0.4 is 4.74 Å². The normalized spacial score (nSPS) is 20.7. The Morgan fingerprint density at radius 3 is 2.62 bits per heavy atom. The van der Waals surface area contributed by atoms with Crippen LogP contribution in [0.3, 0.4) is 0 Å². The van der Waals surface area contributed by atoms with Gasteiger partial charge >= 0.3 is 0 Å². The van der Waals surface area contributed by atoms with Crippen LogP contribution in [0.4, 0.5) is 0 Å². The lowest BCUT2D eigenvalue weighted by Gasteiger charge is -2.23. The number of furan rings is 1. The fraction of sp³-hybridized carbons (Fsp3) is 0.0833. The lowest BCUT2D eigenvalue weighted by Crippen LogP contribution is -2.21. The van der Waals surface area contributed by atoms with E-state index < -0.39 is 0 Å². The van der Waals surface area contributed by atoms with Crippen LogP contribution in [0.1, 0.15) is 17.0 Å². The number of hydrogen-bond acceptors (Lipinski definition) is 2. The summed E-state index contributed by atoms with van der Waals surface area (Å²) in [5.74, 6) is 1.28. The van der Waals surface area contributed by atoms with E-state index in [4.69, 9.17) is 9.15 Å². The molecule has 1 aliphatic heterocycles. The van der Waals surface area contributed by atoms with Gasteiger partial charge in [-0.1, -0.05) is 60.7 Å². The second kappa shape index (κ2) is 5.12. The van der Waals surface area contributed by atoms with Crippen LogP contribution in [0.2, 0.25) is 0 Å². The van der Waals surface area contributed by atoms with Gasteiger partial charge in [0.1, 0.15) is 23.0 Å². The Morgan fingerprint density at radius 1 is 0.769 bits per heavy atom. The molecule has 124 valence electrons. The zero-order chi connectivity index (χ0) is 17.1. The molecule has 6 rings (SSSR count). The predicted octanol–water partition coefficient (Wildman–Crippen LogP) is 6.08. The van der Waals surface area contributed by atoms with E-state index in [0.717, 1.165) is 27.7 Å². The number of rotatable bonds is 1. The van der Waals surface area contributed by atoms with E-state index >= 15 is 0 Å². The van der Waals surface area contributed by atoms with Gasteiger partial charge in [0.2, 0.25) is 0 Å². The molecule has 4 aromatic rings. The van der Waals surface area contributed by atoms with Crippen molar-refractivity contribution in [2.24, 2.45) is 0 Å². The Bertz CT molecular complexity index is 1230. The standard InChI is InChI=1S/C24H16O2/c1-4-11-22-17(6-1)19-9-5-8-16(24(19)26-22)15-12-13-23-20(14-15)18-7-2-3-10-21(18)25-23/h1-14,19,24H. The average Bonchev–Trinajstić information content (AvgIpc) is 3.25. The van der Waals surface area contributed by atoms with Crippen molar-refractivity contribution < 1.29 is 9.15 Å². The van der Waals surface area contributed by atoms with Gasteiger partial charge in [0.05, 0.1) is 0 Å². The molecule has 0 amide bonds. The molecule has 2 heterocycles. The maximum absolute atomic E-state index is 6.32. The van der Waals surface area contributed by atoms with Gasteiger partial charge in [-0.15, -0.1) is 0 Å². The molecule has 0 radical (unpaired) electrons. The summed E-state index contributed by atoms with van der Waals surface area (Å²) in [7, 11) is 0. The minimum atomic E-state index is 0.0352. The van der Waals surface area contributed by atoms with Gasteiger partial charge < -0.3 is 9.15 Å². The summed E-state index contributed by atoms with van der Waals surface area (Å²) in [4.78, 5) is 0. The van der Waals surface area contributed by atoms with E-state index in [2.05, 4.69) is 66.8 Å². The molecule has 0 spiro atoms. The third kappa shape index (κ3) is 1.87. The van der Waals surface area contributed by atoms with Crippen LogP contribution in [0.15, 0.2) is 89.4 Å². The van der Waals surface area contributed by atoms with Gasteiger partial charge in [0.25, 0.3) is 0 Å². The van der Waals surface area contributed by atoms with Crippen LogP contribution in [0.5, 0.6) is 5.75 Å². The molecular formula is C24H16O2. The Hall–Kier alpha value is -3.26. The van der Waals surface area contributed by atoms with Crippen LogP contribution in [0.25, 0.3) is 27.5 Å². The maximum atomic E-state index is 6.32. The quantitative estimate of drug-likeness (QED) is 0.420. The summed E-state index contributed by atoms with van der Waals surface area (Å²) < 4.78 is 12.3. The first-order chi connectivity index (χ1) is 12.9. The second-order valence-corrected chi connectivity index (χ2v) is 6.92. The Balaban J connectivity index is 1.50. The minimum Gasteiger partial charge on any atom is -0.484 e. The van der Waals surface area contributed by atoms with E-state index in [1.165, 1.54) is 16.7 Å². The monoisotopic (exact) mass is 336 g/mol. The summed E-state index contributed by atoms with van der Waals surface area (Å²) in [5, 5.41) is 2.31. The molecule has 2 atom stereocenters. The highest BCUT2D eigenvalue weighted by atomic mass is 16.5. The van der Waals surface area contributed by atoms with Crippen LogP contribution >= 0.6 is 0 Å². The first-order valence-electron chi connectivity index (χ1n) is 8.94. The molecule has 0 saturated carbocycles. The molecule has 2 aliphatic rings. The zero-order valence-electron chi connectivity index (χ0n) is 14.1.